The fourth-order valence-electron chi connectivity index (χ4n) is 4.40. The Hall–Kier alpha value is -2.16. The van der Waals surface area contributed by atoms with Gasteiger partial charge in [-0.15, -0.1) is 11.3 Å². The van der Waals surface area contributed by atoms with Crippen LogP contribution in [0.2, 0.25) is 5.02 Å². The maximum Gasteiger partial charge on any atom is 0.260 e. The first-order valence-electron chi connectivity index (χ1n) is 10.8. The summed E-state index contributed by atoms with van der Waals surface area (Å²) in [5, 5.41) is 1.22. The van der Waals surface area contributed by atoms with Crippen molar-refractivity contribution in [1.82, 2.24) is 14.9 Å². The van der Waals surface area contributed by atoms with E-state index in [0.717, 1.165) is 48.9 Å². The number of hydrogen-bond acceptors (Lipinski definition) is 6. The molecule has 1 fully saturated rings. The molecule has 0 saturated carbocycles. The molecule has 1 aromatic carbocycles. The Labute approximate surface area is 198 Å². The number of nitrogens with zero attached hydrogens (tertiary/aromatic N) is 2. The van der Waals surface area contributed by atoms with E-state index >= 15 is 0 Å². The number of aryl methyl sites for hydroxylation is 2. The van der Waals surface area contributed by atoms with Crippen molar-refractivity contribution in [3.8, 4) is 0 Å². The Morgan fingerprint density at radius 3 is 2.72 bits per heavy atom. The van der Waals surface area contributed by atoms with Gasteiger partial charge in [0.15, 0.2) is 5.16 Å². The summed E-state index contributed by atoms with van der Waals surface area (Å²) in [6, 6.07) is 6.56. The summed E-state index contributed by atoms with van der Waals surface area (Å²) in [5.74, 6) is -0.553. The van der Waals surface area contributed by atoms with Gasteiger partial charge in [-0.3, -0.25) is 19.3 Å². The van der Waals surface area contributed by atoms with Crippen molar-refractivity contribution in [2.45, 2.75) is 55.4 Å². The predicted octanol–water partition coefficient (Wildman–Crippen LogP) is 4.83. The maximum absolute atomic E-state index is 13.3. The fourth-order valence-corrected chi connectivity index (χ4v) is 6.92. The lowest BCUT2D eigenvalue weighted by Gasteiger charge is -2.22. The van der Waals surface area contributed by atoms with E-state index in [4.69, 9.17) is 16.6 Å². The van der Waals surface area contributed by atoms with Crippen molar-refractivity contribution in [1.29, 1.82) is 0 Å². The summed E-state index contributed by atoms with van der Waals surface area (Å²) in [7, 11) is 0. The van der Waals surface area contributed by atoms with Crippen LogP contribution >= 0.6 is 34.7 Å². The van der Waals surface area contributed by atoms with E-state index < -0.39 is 5.25 Å². The monoisotopic (exact) mass is 487 g/mol. The first kappa shape index (κ1) is 21.7. The third kappa shape index (κ3) is 4.11. The van der Waals surface area contributed by atoms with Crippen molar-refractivity contribution in [3.63, 3.8) is 0 Å². The first-order valence-corrected chi connectivity index (χ1v) is 12.9. The smallest absolute Gasteiger partial charge is 0.260 e. The zero-order valence-corrected chi connectivity index (χ0v) is 19.7. The van der Waals surface area contributed by atoms with Crippen LogP contribution in [0.3, 0.4) is 0 Å². The van der Waals surface area contributed by atoms with Gasteiger partial charge in [0.05, 0.1) is 10.6 Å². The molecule has 0 radical (unpaired) electrons. The van der Waals surface area contributed by atoms with Crippen molar-refractivity contribution in [2.75, 3.05) is 6.54 Å². The Kier molecular flexibility index (Phi) is 6.09. The highest BCUT2D eigenvalue weighted by Crippen LogP contribution is 2.35. The highest BCUT2D eigenvalue weighted by Gasteiger charge is 2.33. The number of thiophene rings is 1. The van der Waals surface area contributed by atoms with E-state index in [1.54, 1.807) is 35.6 Å². The Morgan fingerprint density at radius 1 is 1.12 bits per heavy atom. The zero-order chi connectivity index (χ0) is 22.2. The molecule has 32 heavy (non-hydrogen) atoms. The number of rotatable bonds is 3. The summed E-state index contributed by atoms with van der Waals surface area (Å²) >= 11 is 8.78. The topological polar surface area (TPSA) is 83.1 Å². The number of amides is 2. The second-order valence-electron chi connectivity index (χ2n) is 8.17. The summed E-state index contributed by atoms with van der Waals surface area (Å²) in [6.07, 6.45) is 6.39. The van der Waals surface area contributed by atoms with Gasteiger partial charge in [0.25, 0.3) is 11.5 Å². The van der Waals surface area contributed by atoms with Crippen molar-refractivity contribution in [3.05, 3.63) is 55.6 Å². The van der Waals surface area contributed by atoms with E-state index in [1.165, 1.54) is 21.5 Å². The van der Waals surface area contributed by atoms with Crippen LogP contribution in [0.1, 0.15) is 52.9 Å². The summed E-state index contributed by atoms with van der Waals surface area (Å²) in [5.41, 5.74) is 1.45. The number of hydrogen-bond donors (Lipinski definition) is 1. The number of nitrogens with one attached hydrogen (secondary N) is 1. The van der Waals surface area contributed by atoms with E-state index in [0.29, 0.717) is 34.1 Å². The van der Waals surface area contributed by atoms with Gasteiger partial charge in [-0.2, -0.15) is 0 Å². The molecule has 1 atom stereocenters. The second-order valence-corrected chi connectivity index (χ2v) is 10.9. The number of likely N-dealkylation sites (tertiary alicyclic amines) is 1. The minimum atomic E-state index is -0.469. The molecular weight excluding hydrogens is 466 g/mol. The maximum atomic E-state index is 13.3. The zero-order valence-electron chi connectivity index (χ0n) is 17.4. The molecule has 6 nitrogen and oxygen atoms in total. The molecule has 3 aromatic rings. The van der Waals surface area contributed by atoms with Crippen LogP contribution < -0.4 is 5.56 Å². The van der Waals surface area contributed by atoms with Gasteiger partial charge < -0.3 is 4.98 Å². The summed E-state index contributed by atoms with van der Waals surface area (Å²) in [6.45, 7) is 0.387. The number of carbonyl (C=O) groups is 2. The Balaban J connectivity index is 1.41. The van der Waals surface area contributed by atoms with Gasteiger partial charge >= 0.3 is 0 Å². The quantitative estimate of drug-likeness (QED) is 0.422. The van der Waals surface area contributed by atoms with Crippen molar-refractivity contribution >= 4 is 56.7 Å². The molecule has 0 bridgehead atoms. The largest absolute Gasteiger partial charge is 0.301 e. The third-order valence-corrected chi connectivity index (χ3v) is 8.61. The Morgan fingerprint density at radius 2 is 1.91 bits per heavy atom. The number of H-pyrrole nitrogens is 1. The van der Waals surface area contributed by atoms with Crippen LogP contribution in [0, 0.1) is 0 Å². The molecule has 9 heteroatoms. The number of aromatic nitrogens is 2. The van der Waals surface area contributed by atoms with Gasteiger partial charge in [0, 0.05) is 22.0 Å². The molecule has 1 aliphatic heterocycles. The van der Waals surface area contributed by atoms with Crippen LogP contribution in [0.4, 0.5) is 0 Å². The highest BCUT2D eigenvalue weighted by molar-refractivity contribution is 8.00. The normalized spacial score (nSPS) is 19.1. The summed E-state index contributed by atoms with van der Waals surface area (Å²) < 4.78 is 0. The molecule has 2 aromatic heterocycles. The predicted molar refractivity (Wildman–Crippen MR) is 128 cm³/mol. The first-order chi connectivity index (χ1) is 15.5. The standard InChI is InChI=1S/C23H22ClN3O3S2/c24-14-10-8-13(9-11-14)21(29)27-12-4-3-7-17(22(27)30)32-23-25-19(28)18-15-5-1-2-6-16(15)31-20(18)26-23/h8-11,17H,1-7,12H2,(H,25,26,28). The third-order valence-electron chi connectivity index (χ3n) is 6.03. The second kappa shape index (κ2) is 9.00. The molecule has 0 spiro atoms. The van der Waals surface area contributed by atoms with Crippen LogP contribution in [0.15, 0.2) is 34.2 Å². The van der Waals surface area contributed by atoms with Gasteiger partial charge in [-0.25, -0.2) is 4.98 Å². The van der Waals surface area contributed by atoms with Gasteiger partial charge in [-0.1, -0.05) is 29.8 Å². The van der Waals surface area contributed by atoms with E-state index in [9.17, 15) is 14.4 Å². The molecule has 1 saturated heterocycles. The molecular formula is C23H22ClN3O3S2. The molecule has 1 unspecified atom stereocenters. The number of imide groups is 1. The summed E-state index contributed by atoms with van der Waals surface area (Å²) in [4.78, 5) is 50.0. The van der Waals surface area contributed by atoms with Crippen molar-refractivity contribution in [2.24, 2.45) is 0 Å². The van der Waals surface area contributed by atoms with Gasteiger partial charge in [0.1, 0.15) is 4.83 Å². The van der Waals surface area contributed by atoms with Crippen LogP contribution in [0.25, 0.3) is 10.2 Å². The highest BCUT2D eigenvalue weighted by atomic mass is 35.5. The number of carbonyl (C=O) groups excluding carboxylic acids is 2. The lowest BCUT2D eigenvalue weighted by Crippen LogP contribution is -2.41. The van der Waals surface area contributed by atoms with Gasteiger partial charge in [-0.05, 0) is 68.4 Å². The van der Waals surface area contributed by atoms with Gasteiger partial charge in [0.2, 0.25) is 5.91 Å². The number of benzene rings is 1. The molecule has 5 rings (SSSR count). The number of thioether (sulfide) groups is 1. The lowest BCUT2D eigenvalue weighted by molar-refractivity contribution is -0.127. The molecule has 3 heterocycles. The number of fused-ring (bicyclic) bond motifs is 3. The average Bonchev–Trinajstić information content (AvgIpc) is 3.07. The number of halogens is 1. The van der Waals surface area contributed by atoms with E-state index in [2.05, 4.69) is 4.98 Å². The minimum absolute atomic E-state index is 0.132. The number of aromatic amines is 1. The van der Waals surface area contributed by atoms with E-state index in [-0.39, 0.29) is 17.4 Å². The molecule has 1 aliphatic carbocycles. The van der Waals surface area contributed by atoms with Crippen LogP contribution in [-0.4, -0.2) is 38.5 Å². The average molecular weight is 488 g/mol. The molecule has 2 aliphatic rings. The lowest BCUT2D eigenvalue weighted by atomic mass is 9.97. The molecule has 1 N–H and O–H groups in total. The van der Waals surface area contributed by atoms with Crippen LogP contribution in [0.5, 0.6) is 0 Å². The minimum Gasteiger partial charge on any atom is -0.301 e. The molecule has 2 amide bonds. The fraction of sp³-hybridized carbons (Fsp3) is 0.391. The van der Waals surface area contributed by atoms with Crippen molar-refractivity contribution < 1.29 is 9.59 Å². The Bertz CT molecular complexity index is 1250. The van der Waals surface area contributed by atoms with Crippen LogP contribution in [-0.2, 0) is 17.6 Å². The molecule has 166 valence electrons. The van der Waals surface area contributed by atoms with E-state index in [1.807, 2.05) is 0 Å². The SMILES string of the molecule is O=C(c1ccc(Cl)cc1)N1CCCCC(Sc2nc3sc4c(c3c(=O)[nH]2)CCCC4)C1=O.